The first-order valence-electron chi connectivity index (χ1n) is 17.1. The maximum absolute atomic E-state index is 14.5. The Balaban J connectivity index is 1.39. The zero-order chi connectivity index (χ0) is 33.9. The van der Waals surface area contributed by atoms with Crippen molar-refractivity contribution < 1.29 is 38.4 Å². The predicted molar refractivity (Wildman–Crippen MR) is 181 cm³/mol. The lowest BCUT2D eigenvalue weighted by molar-refractivity contribution is -0.163. The fraction of sp³-hybridized carbons (Fsp3) is 0.462. The number of aryl methyl sites for hydroxylation is 1. The summed E-state index contributed by atoms with van der Waals surface area (Å²) in [5.41, 5.74) is 2.67. The third kappa shape index (κ3) is 8.88. The summed E-state index contributed by atoms with van der Waals surface area (Å²) in [6, 6.07) is 22.0. The summed E-state index contributed by atoms with van der Waals surface area (Å²) in [5, 5.41) is 9.13. The minimum atomic E-state index is -1.08. The van der Waals surface area contributed by atoms with Crippen LogP contribution in [0.5, 0.6) is 17.2 Å². The molecule has 1 saturated carbocycles. The smallest absolute Gasteiger partial charge is 0.341 e. The standard InChI is InChI=1S/C39H47NO8/c1-45-34-22-20-27(24-35(34)46-2)19-21-33(30-16-11-17-31(25-30)47-26-36(41)42)48-39(44)32-18-9-10-23-40(32)38(43)37(28-12-5-3-6-13-28)29-14-7-4-8-15-29/h3,5-6,11-13,16-17,20,22,24-25,29,32-33,37H,4,7-10,14-15,18-19,21,23,26H2,1-2H3,(H,41,42)/t32-,33+,37?/m0/s1. The molecule has 1 amide bonds. The average molecular weight is 658 g/mol. The van der Waals surface area contributed by atoms with E-state index in [-0.39, 0.29) is 17.7 Å². The molecule has 2 fully saturated rings. The Morgan fingerprint density at radius 3 is 2.27 bits per heavy atom. The van der Waals surface area contributed by atoms with Crippen LogP contribution in [0.15, 0.2) is 72.8 Å². The van der Waals surface area contributed by atoms with Crippen molar-refractivity contribution in [1.82, 2.24) is 4.90 Å². The van der Waals surface area contributed by atoms with Gasteiger partial charge in [0.25, 0.3) is 0 Å². The van der Waals surface area contributed by atoms with E-state index in [1.54, 1.807) is 37.3 Å². The van der Waals surface area contributed by atoms with E-state index in [0.717, 1.165) is 49.7 Å². The Bertz CT molecular complexity index is 1520. The Morgan fingerprint density at radius 1 is 0.812 bits per heavy atom. The van der Waals surface area contributed by atoms with E-state index < -0.39 is 30.7 Å². The zero-order valence-corrected chi connectivity index (χ0v) is 28.0. The highest BCUT2D eigenvalue weighted by atomic mass is 16.5. The number of carbonyl (C=O) groups is 3. The van der Waals surface area contributed by atoms with Gasteiger partial charge in [-0.05, 0) is 91.8 Å². The van der Waals surface area contributed by atoms with Gasteiger partial charge < -0.3 is 29.0 Å². The van der Waals surface area contributed by atoms with Crippen LogP contribution in [0.25, 0.3) is 0 Å². The topological polar surface area (TPSA) is 112 Å². The molecule has 0 spiro atoms. The molecule has 0 aromatic heterocycles. The van der Waals surface area contributed by atoms with E-state index in [4.69, 9.17) is 24.1 Å². The van der Waals surface area contributed by atoms with Crippen molar-refractivity contribution in [2.45, 2.75) is 82.3 Å². The third-order valence-corrected chi connectivity index (χ3v) is 9.60. The number of carboxylic acids is 1. The normalized spacial score (nSPS) is 18.0. The first kappa shape index (κ1) is 34.8. The number of nitrogens with zero attached hydrogens (tertiary/aromatic N) is 1. The number of hydrogen-bond donors (Lipinski definition) is 1. The van der Waals surface area contributed by atoms with E-state index in [1.807, 2.05) is 54.6 Å². The minimum Gasteiger partial charge on any atom is -0.493 e. The molecule has 3 atom stereocenters. The van der Waals surface area contributed by atoms with Crippen molar-refractivity contribution in [3.8, 4) is 17.2 Å². The number of methoxy groups -OCH3 is 2. The van der Waals surface area contributed by atoms with Crippen molar-refractivity contribution >= 4 is 17.8 Å². The predicted octanol–water partition coefficient (Wildman–Crippen LogP) is 7.13. The Labute approximate surface area is 283 Å². The highest BCUT2D eigenvalue weighted by molar-refractivity contribution is 5.89. The van der Waals surface area contributed by atoms with E-state index in [0.29, 0.717) is 48.6 Å². The summed E-state index contributed by atoms with van der Waals surface area (Å²) < 4.78 is 22.7. The number of ether oxygens (including phenoxy) is 4. The van der Waals surface area contributed by atoms with Gasteiger partial charge in [-0.3, -0.25) is 4.79 Å². The lowest BCUT2D eigenvalue weighted by Crippen LogP contribution is -2.51. The van der Waals surface area contributed by atoms with Gasteiger partial charge in [-0.1, -0.05) is 67.8 Å². The molecule has 9 heteroatoms. The van der Waals surface area contributed by atoms with Crippen LogP contribution in [0, 0.1) is 5.92 Å². The number of carboxylic acid groups (broad SMARTS) is 1. The van der Waals surface area contributed by atoms with E-state index >= 15 is 0 Å². The van der Waals surface area contributed by atoms with Crippen LogP contribution in [-0.2, 0) is 25.5 Å². The largest absolute Gasteiger partial charge is 0.493 e. The van der Waals surface area contributed by atoms with Gasteiger partial charge in [0.1, 0.15) is 17.9 Å². The maximum Gasteiger partial charge on any atom is 0.341 e. The molecule has 1 unspecified atom stereocenters. The molecule has 1 heterocycles. The fourth-order valence-corrected chi connectivity index (χ4v) is 7.16. The number of aliphatic carboxylic acids is 1. The van der Waals surface area contributed by atoms with Gasteiger partial charge in [0, 0.05) is 6.54 Å². The molecule has 3 aromatic rings. The number of piperidine rings is 1. The van der Waals surface area contributed by atoms with Gasteiger partial charge in [0.05, 0.1) is 20.1 Å². The molecular formula is C39H47NO8. The van der Waals surface area contributed by atoms with Crippen molar-refractivity contribution in [3.05, 3.63) is 89.5 Å². The molecule has 1 aliphatic heterocycles. The number of esters is 1. The first-order valence-corrected chi connectivity index (χ1v) is 17.1. The SMILES string of the molecule is COc1ccc(CC[C@@H](OC(=O)[C@@H]2CCCCN2C(=O)C(c2ccccc2)C2CCCCC2)c2cccc(OCC(=O)O)c2)cc1OC. The number of rotatable bonds is 14. The molecule has 2 aliphatic rings. The second-order valence-corrected chi connectivity index (χ2v) is 12.7. The lowest BCUT2D eigenvalue weighted by Gasteiger charge is -2.39. The van der Waals surface area contributed by atoms with Gasteiger partial charge in [0.2, 0.25) is 5.91 Å². The van der Waals surface area contributed by atoms with Crippen LogP contribution in [0.1, 0.15) is 86.5 Å². The highest BCUT2D eigenvalue weighted by Gasteiger charge is 2.40. The van der Waals surface area contributed by atoms with Gasteiger partial charge in [-0.15, -0.1) is 0 Å². The third-order valence-electron chi connectivity index (χ3n) is 9.60. The van der Waals surface area contributed by atoms with Crippen LogP contribution in [-0.4, -0.2) is 61.3 Å². The van der Waals surface area contributed by atoms with E-state index in [1.165, 1.54) is 6.42 Å². The molecule has 0 radical (unpaired) electrons. The van der Waals surface area contributed by atoms with Crippen molar-refractivity contribution in [2.75, 3.05) is 27.4 Å². The van der Waals surface area contributed by atoms with Crippen LogP contribution < -0.4 is 14.2 Å². The van der Waals surface area contributed by atoms with Gasteiger partial charge >= 0.3 is 11.9 Å². The molecule has 5 rings (SSSR count). The average Bonchev–Trinajstić information content (AvgIpc) is 3.13. The molecule has 1 N–H and O–H groups in total. The van der Waals surface area contributed by atoms with Gasteiger partial charge in [0.15, 0.2) is 18.1 Å². The van der Waals surface area contributed by atoms with Crippen LogP contribution >= 0.6 is 0 Å². The summed E-state index contributed by atoms with van der Waals surface area (Å²) in [6.07, 6.45) is 7.99. The molecular weight excluding hydrogens is 610 g/mol. The summed E-state index contributed by atoms with van der Waals surface area (Å²) in [7, 11) is 3.17. The highest BCUT2D eigenvalue weighted by Crippen LogP contribution is 2.39. The van der Waals surface area contributed by atoms with E-state index in [2.05, 4.69) is 0 Å². The Morgan fingerprint density at radius 2 is 1.54 bits per heavy atom. The van der Waals surface area contributed by atoms with Crippen LogP contribution in [0.4, 0.5) is 0 Å². The summed E-state index contributed by atoms with van der Waals surface area (Å²) in [6.45, 7) is 0.0335. The molecule has 48 heavy (non-hydrogen) atoms. The van der Waals surface area contributed by atoms with Gasteiger partial charge in [-0.25, -0.2) is 9.59 Å². The van der Waals surface area contributed by atoms with Crippen molar-refractivity contribution in [1.29, 1.82) is 0 Å². The summed E-state index contributed by atoms with van der Waals surface area (Å²) >= 11 is 0. The molecule has 3 aromatic carbocycles. The van der Waals surface area contributed by atoms with Crippen LogP contribution in [0.3, 0.4) is 0 Å². The Kier molecular flexibility index (Phi) is 12.4. The second-order valence-electron chi connectivity index (χ2n) is 12.7. The van der Waals surface area contributed by atoms with Crippen molar-refractivity contribution in [3.63, 3.8) is 0 Å². The van der Waals surface area contributed by atoms with Gasteiger partial charge in [-0.2, -0.15) is 0 Å². The second kappa shape index (κ2) is 17.0. The minimum absolute atomic E-state index is 0.0145. The molecule has 1 aliphatic carbocycles. The zero-order valence-electron chi connectivity index (χ0n) is 28.0. The number of benzene rings is 3. The molecule has 1 saturated heterocycles. The monoisotopic (exact) mass is 657 g/mol. The quantitative estimate of drug-likeness (QED) is 0.182. The summed E-state index contributed by atoms with van der Waals surface area (Å²) in [4.78, 5) is 41.6. The maximum atomic E-state index is 14.5. The van der Waals surface area contributed by atoms with E-state index in [9.17, 15) is 14.4 Å². The number of amides is 1. The number of carbonyl (C=O) groups excluding carboxylic acids is 2. The fourth-order valence-electron chi connectivity index (χ4n) is 7.16. The lowest BCUT2D eigenvalue weighted by atomic mass is 9.75. The molecule has 256 valence electrons. The summed E-state index contributed by atoms with van der Waals surface area (Å²) in [5.74, 6) is 0.0642. The Hall–Kier alpha value is -4.53. The van der Waals surface area contributed by atoms with Crippen LogP contribution in [0.2, 0.25) is 0 Å². The number of likely N-dealkylation sites (tertiary alicyclic amines) is 1. The first-order chi connectivity index (χ1) is 23.4. The van der Waals surface area contributed by atoms with Crippen molar-refractivity contribution in [2.24, 2.45) is 5.92 Å². The molecule has 9 nitrogen and oxygen atoms in total. The molecule has 0 bridgehead atoms. The number of hydrogen-bond acceptors (Lipinski definition) is 7.